The minimum absolute atomic E-state index is 0. The molecule has 0 radical (unpaired) electrons. The predicted octanol–water partition coefficient (Wildman–Crippen LogP) is 2.27. The molecule has 3 nitrogen and oxygen atoms in total. The zero-order valence-electron chi connectivity index (χ0n) is 9.15. The van der Waals surface area contributed by atoms with Gasteiger partial charge in [-0.3, -0.25) is 0 Å². The van der Waals surface area contributed by atoms with Gasteiger partial charge >= 0.3 is 0 Å². The number of fused-ring (bicyclic) bond motifs is 1. The van der Waals surface area contributed by atoms with Crippen molar-refractivity contribution in [2.45, 2.75) is 0 Å². The molecule has 0 spiro atoms. The van der Waals surface area contributed by atoms with Gasteiger partial charge < -0.3 is 10.2 Å². The van der Waals surface area contributed by atoms with Gasteiger partial charge in [0, 0.05) is 26.2 Å². The standard InChI is InChI=1S/C11H12FN3S.ClH/c12-8-2-1-3-9-10(8)11(14-16-9)15-6-4-13-5-7-15;/h1-3,13H,4-7H2;1H. The first kappa shape index (κ1) is 12.5. The molecule has 1 aliphatic rings. The number of piperazine rings is 1. The summed E-state index contributed by atoms with van der Waals surface area (Å²) < 4.78 is 19.1. The van der Waals surface area contributed by atoms with Gasteiger partial charge in [-0.15, -0.1) is 12.4 Å². The Labute approximate surface area is 109 Å². The number of benzene rings is 1. The van der Waals surface area contributed by atoms with Crippen LogP contribution in [0.3, 0.4) is 0 Å². The molecular weight excluding hydrogens is 261 g/mol. The van der Waals surface area contributed by atoms with Gasteiger partial charge in [-0.1, -0.05) is 6.07 Å². The van der Waals surface area contributed by atoms with E-state index in [-0.39, 0.29) is 18.2 Å². The number of rotatable bonds is 1. The Morgan fingerprint density at radius 1 is 1.29 bits per heavy atom. The molecule has 2 heterocycles. The number of anilines is 1. The van der Waals surface area contributed by atoms with E-state index in [4.69, 9.17) is 0 Å². The van der Waals surface area contributed by atoms with Crippen LogP contribution in [0, 0.1) is 5.82 Å². The average Bonchev–Trinajstić information content (AvgIpc) is 2.75. The fourth-order valence-corrected chi connectivity index (χ4v) is 2.84. The Balaban J connectivity index is 0.00000108. The van der Waals surface area contributed by atoms with Crippen LogP contribution in [-0.4, -0.2) is 30.6 Å². The maximum absolute atomic E-state index is 13.8. The lowest BCUT2D eigenvalue weighted by Gasteiger charge is -2.27. The molecule has 92 valence electrons. The molecule has 0 saturated carbocycles. The molecule has 0 aliphatic carbocycles. The zero-order chi connectivity index (χ0) is 11.0. The summed E-state index contributed by atoms with van der Waals surface area (Å²) in [6, 6.07) is 5.15. The first-order chi connectivity index (χ1) is 7.86. The number of hydrogen-bond donors (Lipinski definition) is 1. The second-order valence-electron chi connectivity index (χ2n) is 3.86. The number of nitrogens with one attached hydrogen (secondary N) is 1. The van der Waals surface area contributed by atoms with Gasteiger partial charge in [0.2, 0.25) is 0 Å². The van der Waals surface area contributed by atoms with Gasteiger partial charge in [-0.2, -0.15) is 4.37 Å². The summed E-state index contributed by atoms with van der Waals surface area (Å²) >= 11 is 1.37. The predicted molar refractivity (Wildman–Crippen MR) is 71.9 cm³/mol. The molecule has 2 aromatic rings. The van der Waals surface area contributed by atoms with E-state index in [0.717, 1.165) is 36.7 Å². The van der Waals surface area contributed by atoms with E-state index in [1.54, 1.807) is 6.07 Å². The molecule has 0 atom stereocenters. The molecule has 0 amide bonds. The molecule has 0 bridgehead atoms. The molecule has 1 saturated heterocycles. The third-order valence-corrected chi connectivity index (χ3v) is 3.65. The summed E-state index contributed by atoms with van der Waals surface area (Å²) in [6.07, 6.45) is 0. The minimum atomic E-state index is -0.167. The van der Waals surface area contributed by atoms with Crippen LogP contribution in [0.15, 0.2) is 18.2 Å². The number of hydrogen-bond acceptors (Lipinski definition) is 4. The fourth-order valence-electron chi connectivity index (χ4n) is 2.03. The summed E-state index contributed by atoms with van der Waals surface area (Å²) in [5.41, 5.74) is 0. The third kappa shape index (κ3) is 2.22. The van der Waals surface area contributed by atoms with Crippen molar-refractivity contribution in [2.75, 3.05) is 31.1 Å². The van der Waals surface area contributed by atoms with Crippen LogP contribution < -0.4 is 10.2 Å². The van der Waals surface area contributed by atoms with Crippen molar-refractivity contribution in [3.05, 3.63) is 24.0 Å². The highest BCUT2D eigenvalue weighted by molar-refractivity contribution is 7.13. The second-order valence-corrected chi connectivity index (χ2v) is 4.66. The average molecular weight is 274 g/mol. The summed E-state index contributed by atoms with van der Waals surface area (Å²) in [6.45, 7) is 3.67. The molecular formula is C11H13ClFN3S. The Hall–Kier alpha value is -0.910. The maximum Gasteiger partial charge on any atom is 0.153 e. The lowest BCUT2D eigenvalue weighted by atomic mass is 10.2. The second kappa shape index (κ2) is 5.16. The monoisotopic (exact) mass is 273 g/mol. The minimum Gasteiger partial charge on any atom is -0.353 e. The normalized spacial score (nSPS) is 15.9. The van der Waals surface area contributed by atoms with Crippen molar-refractivity contribution in [3.8, 4) is 0 Å². The Morgan fingerprint density at radius 2 is 2.06 bits per heavy atom. The summed E-state index contributed by atoms with van der Waals surface area (Å²) in [4.78, 5) is 2.15. The lowest BCUT2D eigenvalue weighted by Crippen LogP contribution is -2.43. The van der Waals surface area contributed by atoms with Crippen LogP contribution in [-0.2, 0) is 0 Å². The number of nitrogens with zero attached hydrogens (tertiary/aromatic N) is 2. The number of halogens is 2. The number of aromatic nitrogens is 1. The Morgan fingerprint density at radius 3 is 2.82 bits per heavy atom. The summed E-state index contributed by atoms with van der Waals surface area (Å²) in [5.74, 6) is 0.638. The lowest BCUT2D eigenvalue weighted by molar-refractivity contribution is 0.585. The SMILES string of the molecule is Cl.Fc1cccc2snc(N3CCNCC3)c12. The van der Waals surface area contributed by atoms with Gasteiger partial charge in [0.25, 0.3) is 0 Å². The van der Waals surface area contributed by atoms with Crippen molar-refractivity contribution in [1.29, 1.82) is 0 Å². The van der Waals surface area contributed by atoms with E-state index in [0.29, 0.717) is 5.39 Å². The van der Waals surface area contributed by atoms with Crippen molar-refractivity contribution in [3.63, 3.8) is 0 Å². The third-order valence-electron chi connectivity index (χ3n) is 2.85. The van der Waals surface area contributed by atoms with Gasteiger partial charge in [0.05, 0.1) is 10.1 Å². The van der Waals surface area contributed by atoms with E-state index < -0.39 is 0 Å². The van der Waals surface area contributed by atoms with Crippen LogP contribution >= 0.6 is 23.9 Å². The van der Waals surface area contributed by atoms with E-state index in [9.17, 15) is 4.39 Å². The highest BCUT2D eigenvalue weighted by atomic mass is 35.5. The molecule has 0 unspecified atom stereocenters. The summed E-state index contributed by atoms with van der Waals surface area (Å²) in [7, 11) is 0. The molecule has 1 aromatic carbocycles. The van der Waals surface area contributed by atoms with E-state index >= 15 is 0 Å². The molecule has 1 aromatic heterocycles. The first-order valence-electron chi connectivity index (χ1n) is 5.36. The van der Waals surface area contributed by atoms with Gasteiger partial charge in [0.15, 0.2) is 5.82 Å². The van der Waals surface area contributed by atoms with Gasteiger partial charge in [0.1, 0.15) is 5.82 Å². The van der Waals surface area contributed by atoms with E-state index in [2.05, 4.69) is 14.6 Å². The van der Waals surface area contributed by atoms with Crippen molar-refractivity contribution in [1.82, 2.24) is 9.69 Å². The van der Waals surface area contributed by atoms with Gasteiger partial charge in [-0.05, 0) is 23.7 Å². The molecule has 17 heavy (non-hydrogen) atoms. The summed E-state index contributed by atoms with van der Waals surface area (Å²) in [5, 5.41) is 3.95. The van der Waals surface area contributed by atoms with Crippen LogP contribution in [0.2, 0.25) is 0 Å². The van der Waals surface area contributed by atoms with Crippen molar-refractivity contribution >= 4 is 39.8 Å². The molecule has 1 fully saturated rings. The van der Waals surface area contributed by atoms with Crippen molar-refractivity contribution in [2.24, 2.45) is 0 Å². The van der Waals surface area contributed by atoms with Crippen LogP contribution in [0.4, 0.5) is 10.2 Å². The molecule has 1 N–H and O–H groups in total. The van der Waals surface area contributed by atoms with Crippen molar-refractivity contribution < 1.29 is 4.39 Å². The highest BCUT2D eigenvalue weighted by Gasteiger charge is 2.18. The quantitative estimate of drug-likeness (QED) is 0.864. The Bertz CT molecular complexity index is 510. The maximum atomic E-state index is 13.8. The van der Waals surface area contributed by atoms with Gasteiger partial charge in [-0.25, -0.2) is 4.39 Å². The van der Waals surface area contributed by atoms with Crippen LogP contribution in [0.1, 0.15) is 0 Å². The fraction of sp³-hybridized carbons (Fsp3) is 0.364. The zero-order valence-corrected chi connectivity index (χ0v) is 10.8. The van der Waals surface area contributed by atoms with E-state index in [1.807, 2.05) is 6.07 Å². The van der Waals surface area contributed by atoms with Crippen LogP contribution in [0.25, 0.3) is 10.1 Å². The molecule has 1 aliphatic heterocycles. The largest absolute Gasteiger partial charge is 0.353 e. The Kier molecular flexibility index (Phi) is 3.81. The van der Waals surface area contributed by atoms with E-state index in [1.165, 1.54) is 17.6 Å². The first-order valence-corrected chi connectivity index (χ1v) is 6.13. The highest BCUT2D eigenvalue weighted by Crippen LogP contribution is 2.31. The topological polar surface area (TPSA) is 28.2 Å². The smallest absolute Gasteiger partial charge is 0.153 e. The molecule has 6 heteroatoms. The van der Waals surface area contributed by atoms with Crippen LogP contribution in [0.5, 0.6) is 0 Å². The molecule has 3 rings (SSSR count).